The Morgan fingerprint density at radius 2 is 0.906 bits per heavy atom. The lowest BCUT2D eigenvalue weighted by molar-refractivity contribution is -0.671. The first-order valence-corrected chi connectivity index (χ1v) is 10.6. The van der Waals surface area contributed by atoms with Crippen LogP contribution in [0.25, 0.3) is 16.7 Å². The van der Waals surface area contributed by atoms with Crippen LogP contribution in [0.15, 0.2) is 103 Å². The molecule has 0 aliphatic heterocycles. The first-order valence-electron chi connectivity index (χ1n) is 10.6. The molecule has 0 bridgehead atoms. The average Bonchev–Trinajstić information content (AvgIpc) is 3.16. The number of fused-ring (bicyclic) bond motifs is 3. The second-order valence-electron chi connectivity index (χ2n) is 7.85. The van der Waals surface area contributed by atoms with E-state index in [9.17, 15) is 0 Å². The summed E-state index contributed by atoms with van der Waals surface area (Å²) in [5.41, 5.74) is 8.72. The van der Waals surface area contributed by atoms with Crippen LogP contribution in [0.5, 0.6) is 0 Å². The Morgan fingerprint density at radius 3 is 1.31 bits per heavy atom. The van der Waals surface area contributed by atoms with Crippen molar-refractivity contribution in [1.29, 1.82) is 0 Å². The molecule has 0 radical (unpaired) electrons. The van der Waals surface area contributed by atoms with Gasteiger partial charge in [-0.25, -0.2) is 9.13 Å². The van der Waals surface area contributed by atoms with Crippen LogP contribution in [0.2, 0.25) is 0 Å². The zero-order valence-corrected chi connectivity index (χ0v) is 18.1. The highest BCUT2D eigenvalue weighted by Gasteiger charge is 2.24. The van der Waals surface area contributed by atoms with Crippen molar-refractivity contribution >= 4 is 5.57 Å². The number of aromatic nitrogens is 2. The molecule has 2 heteroatoms. The topological polar surface area (TPSA) is 7.76 Å². The van der Waals surface area contributed by atoms with Crippen molar-refractivity contribution in [1.82, 2.24) is 0 Å². The smallest absolute Gasteiger partial charge is 0.169 e. The Hall–Kier alpha value is -4.40. The Balaban J connectivity index is 1.72. The molecule has 0 spiro atoms. The number of hydrogen-bond donors (Lipinski definition) is 0. The molecule has 32 heavy (non-hydrogen) atoms. The summed E-state index contributed by atoms with van der Waals surface area (Å²) in [5, 5.41) is 0. The van der Waals surface area contributed by atoms with E-state index in [1.54, 1.807) is 0 Å². The highest BCUT2D eigenvalue weighted by atomic mass is 14.9. The molecule has 0 amide bonds. The van der Waals surface area contributed by atoms with Crippen molar-refractivity contribution in [2.45, 2.75) is 0 Å². The van der Waals surface area contributed by atoms with Gasteiger partial charge in [0, 0.05) is 41.0 Å². The summed E-state index contributed by atoms with van der Waals surface area (Å²) in [6, 6.07) is 25.1. The van der Waals surface area contributed by atoms with Gasteiger partial charge in [-0.15, -0.1) is 0 Å². The second-order valence-corrected chi connectivity index (χ2v) is 7.85. The van der Waals surface area contributed by atoms with Crippen LogP contribution in [0, 0.1) is 23.7 Å². The molecular weight excluding hydrogens is 388 g/mol. The third-order valence-electron chi connectivity index (χ3n) is 5.55. The van der Waals surface area contributed by atoms with E-state index in [2.05, 4.69) is 72.2 Å². The van der Waals surface area contributed by atoms with Gasteiger partial charge in [0.05, 0.1) is 5.57 Å². The van der Waals surface area contributed by atoms with E-state index in [-0.39, 0.29) is 0 Å². The monoisotopic (exact) mass is 410 g/mol. The maximum absolute atomic E-state index is 3.40. The number of benzene rings is 2. The van der Waals surface area contributed by atoms with E-state index in [0.717, 1.165) is 22.3 Å². The van der Waals surface area contributed by atoms with E-state index in [1.807, 2.05) is 72.3 Å². The third-order valence-corrected chi connectivity index (χ3v) is 5.55. The molecule has 0 unspecified atom stereocenters. The summed E-state index contributed by atoms with van der Waals surface area (Å²) in [6.45, 7) is 0. The average molecular weight is 411 g/mol. The fraction of sp³-hybridized carbons (Fsp3) is 0.0667. The second kappa shape index (κ2) is 8.38. The summed E-state index contributed by atoms with van der Waals surface area (Å²) in [6.07, 6.45) is 8.03. The van der Waals surface area contributed by atoms with Gasteiger partial charge in [-0.3, -0.25) is 0 Å². The van der Waals surface area contributed by atoms with Crippen LogP contribution in [0.3, 0.4) is 0 Å². The van der Waals surface area contributed by atoms with Gasteiger partial charge in [-0.2, -0.15) is 0 Å². The van der Waals surface area contributed by atoms with Crippen LogP contribution in [-0.4, -0.2) is 0 Å². The summed E-state index contributed by atoms with van der Waals surface area (Å²) in [4.78, 5) is 0. The van der Waals surface area contributed by atoms with Crippen molar-refractivity contribution in [3.8, 4) is 34.8 Å². The van der Waals surface area contributed by atoms with E-state index >= 15 is 0 Å². The van der Waals surface area contributed by atoms with E-state index in [0.29, 0.717) is 0 Å². The van der Waals surface area contributed by atoms with Gasteiger partial charge < -0.3 is 0 Å². The van der Waals surface area contributed by atoms with E-state index in [4.69, 9.17) is 0 Å². The third kappa shape index (κ3) is 3.83. The normalized spacial score (nSPS) is 10.9. The minimum absolute atomic E-state index is 0.837. The molecule has 0 fully saturated rings. The van der Waals surface area contributed by atoms with Crippen molar-refractivity contribution in [3.63, 3.8) is 0 Å². The van der Waals surface area contributed by atoms with Crippen molar-refractivity contribution < 1.29 is 9.13 Å². The maximum Gasteiger partial charge on any atom is 0.169 e. The van der Waals surface area contributed by atoms with Gasteiger partial charge in [0.1, 0.15) is 14.1 Å². The first kappa shape index (κ1) is 19.6. The van der Waals surface area contributed by atoms with Crippen molar-refractivity contribution in [3.05, 3.63) is 125 Å². The summed E-state index contributed by atoms with van der Waals surface area (Å²) < 4.78 is 4.01. The van der Waals surface area contributed by atoms with Crippen LogP contribution in [0.1, 0.15) is 22.3 Å². The number of hydrogen-bond acceptors (Lipinski definition) is 0. The Morgan fingerprint density at radius 1 is 0.531 bits per heavy atom. The minimum Gasteiger partial charge on any atom is -0.208 e. The molecule has 4 aromatic rings. The van der Waals surface area contributed by atoms with Crippen molar-refractivity contribution in [2.75, 3.05) is 0 Å². The first-order chi connectivity index (χ1) is 15.7. The summed E-state index contributed by atoms with van der Waals surface area (Å²) >= 11 is 0. The van der Waals surface area contributed by atoms with Crippen LogP contribution in [0.4, 0.5) is 0 Å². The minimum atomic E-state index is 0.837. The molecule has 1 aliphatic carbocycles. The number of aryl methyl sites for hydroxylation is 2. The van der Waals surface area contributed by atoms with Gasteiger partial charge >= 0.3 is 0 Å². The lowest BCUT2D eigenvalue weighted by Crippen LogP contribution is -2.25. The number of nitrogens with zero attached hydrogens (tertiary/aromatic N) is 2. The van der Waals surface area contributed by atoms with E-state index in [1.165, 1.54) is 22.3 Å². The van der Waals surface area contributed by atoms with Gasteiger partial charge in [0.25, 0.3) is 0 Å². The predicted molar refractivity (Wildman–Crippen MR) is 127 cm³/mol. The highest BCUT2D eigenvalue weighted by Crippen LogP contribution is 2.45. The lowest BCUT2D eigenvalue weighted by Gasteiger charge is -2.04. The Bertz CT molecular complexity index is 1350. The number of pyridine rings is 2. The number of rotatable bonds is 0. The van der Waals surface area contributed by atoms with Gasteiger partial charge in [-0.05, 0) is 22.3 Å². The van der Waals surface area contributed by atoms with Crippen LogP contribution >= 0.6 is 0 Å². The zero-order valence-electron chi connectivity index (χ0n) is 18.1. The molecule has 5 rings (SSSR count). The van der Waals surface area contributed by atoms with E-state index < -0.39 is 0 Å². The van der Waals surface area contributed by atoms with Gasteiger partial charge in [0.2, 0.25) is 0 Å². The molecule has 2 heterocycles. The summed E-state index contributed by atoms with van der Waals surface area (Å²) in [7, 11) is 4.00. The standard InChI is InChI=1S/C30H22N2/c1-31-19-15-23(16-20-31)11-13-25(14-12-24-17-21-32(2)22-18-24)30-28-9-5-3-7-26(28)27-8-4-6-10-29(27)30/h3-10,15-22H,1-2H3/q+2. The Kier molecular flexibility index (Phi) is 5.12. The molecular formula is C30H22N2+2. The molecule has 2 aromatic carbocycles. The molecule has 150 valence electrons. The molecule has 0 N–H and O–H groups in total. The molecule has 0 saturated heterocycles. The quantitative estimate of drug-likeness (QED) is 0.267. The van der Waals surface area contributed by atoms with Crippen LogP contribution in [-0.2, 0) is 14.1 Å². The van der Waals surface area contributed by atoms with Crippen LogP contribution < -0.4 is 9.13 Å². The largest absolute Gasteiger partial charge is 0.208 e. The van der Waals surface area contributed by atoms with Gasteiger partial charge in [-0.1, -0.05) is 72.2 Å². The van der Waals surface area contributed by atoms with Gasteiger partial charge in [0.15, 0.2) is 24.8 Å². The molecule has 0 saturated carbocycles. The Labute approximate surface area is 189 Å². The predicted octanol–water partition coefficient (Wildman–Crippen LogP) is 4.22. The molecule has 1 aliphatic rings. The summed E-state index contributed by atoms with van der Waals surface area (Å²) in [5.74, 6) is 13.5. The lowest BCUT2D eigenvalue weighted by atomic mass is 9.98. The molecule has 2 nitrogen and oxygen atoms in total. The van der Waals surface area contributed by atoms with Crippen molar-refractivity contribution in [2.24, 2.45) is 14.1 Å². The molecule has 0 atom stereocenters. The molecule has 2 aromatic heterocycles. The maximum atomic E-state index is 3.40. The fourth-order valence-electron chi connectivity index (χ4n) is 3.88. The fourth-order valence-corrected chi connectivity index (χ4v) is 3.88. The zero-order chi connectivity index (χ0) is 21.9. The SMILES string of the molecule is C[n+]1ccc(C#CC(C#Cc2cc[n+](C)cc2)=C2c3ccccc3-c3ccccc32)cc1. The number of allylic oxidation sites excluding steroid dienone is 1. The highest BCUT2D eigenvalue weighted by molar-refractivity contribution is 6.04.